The molecule has 4 nitrogen and oxygen atoms in total. The lowest BCUT2D eigenvalue weighted by Crippen LogP contribution is -2.18. The molecule has 1 heterocycles. The van der Waals surface area contributed by atoms with E-state index >= 15 is 0 Å². The van der Waals surface area contributed by atoms with E-state index in [1.54, 1.807) is 20.0 Å². The molecule has 0 aliphatic carbocycles. The molecule has 0 aliphatic heterocycles. The summed E-state index contributed by atoms with van der Waals surface area (Å²) in [5, 5.41) is 9.13. The summed E-state index contributed by atoms with van der Waals surface area (Å²) in [7, 11) is 1.59. The molecule has 11 heavy (non-hydrogen) atoms. The minimum atomic E-state index is -0.249. The molecule has 0 amide bonds. The molecule has 0 saturated heterocycles. The summed E-state index contributed by atoms with van der Waals surface area (Å²) >= 11 is 0. The molecule has 0 aromatic carbocycles. The van der Waals surface area contributed by atoms with Crippen LogP contribution in [0.15, 0.2) is 17.1 Å². The first-order valence-electron chi connectivity index (χ1n) is 3.26. The third kappa shape index (κ3) is 1.19. The highest BCUT2D eigenvalue weighted by Crippen LogP contribution is 2.03. The maximum absolute atomic E-state index is 11.1. The Morgan fingerprint density at radius 1 is 1.64 bits per heavy atom. The fourth-order valence-corrected chi connectivity index (χ4v) is 0.848. The van der Waals surface area contributed by atoms with Crippen molar-refractivity contribution in [1.82, 2.24) is 9.13 Å². The number of rotatable bonds is 1. The van der Waals surface area contributed by atoms with E-state index in [1.807, 2.05) is 0 Å². The van der Waals surface area contributed by atoms with Crippen LogP contribution in [0.5, 0.6) is 5.88 Å². The number of aromatic hydroxyl groups is 1. The minimum Gasteiger partial charge on any atom is -0.493 e. The predicted molar refractivity (Wildman–Crippen MR) is 42.3 cm³/mol. The van der Waals surface area contributed by atoms with Crippen LogP contribution in [0.25, 0.3) is 6.20 Å². The average molecular weight is 154 g/mol. The second kappa shape index (κ2) is 2.65. The number of nitrogens with zero attached hydrogens (tertiary/aromatic N) is 2. The van der Waals surface area contributed by atoms with Gasteiger partial charge in [-0.2, -0.15) is 0 Å². The molecule has 0 spiro atoms. The van der Waals surface area contributed by atoms with E-state index in [-0.39, 0.29) is 11.6 Å². The molecular weight excluding hydrogens is 144 g/mol. The molecule has 1 aromatic rings. The Balaban J connectivity index is 3.34. The lowest BCUT2D eigenvalue weighted by Gasteiger charge is -1.90. The fraction of sp³-hybridized carbons (Fsp3) is 0.286. The van der Waals surface area contributed by atoms with E-state index in [2.05, 4.69) is 0 Å². The van der Waals surface area contributed by atoms with Crippen LogP contribution in [-0.2, 0) is 7.05 Å². The Morgan fingerprint density at radius 2 is 2.27 bits per heavy atom. The topological polar surface area (TPSA) is 47.2 Å². The summed E-state index contributed by atoms with van der Waals surface area (Å²) < 4.78 is 2.48. The normalized spacial score (nSPS) is 11.1. The van der Waals surface area contributed by atoms with Crippen LogP contribution in [0.2, 0.25) is 0 Å². The molecule has 0 radical (unpaired) electrons. The summed E-state index contributed by atoms with van der Waals surface area (Å²) in [6.45, 7) is 1.78. The zero-order valence-corrected chi connectivity index (χ0v) is 6.48. The van der Waals surface area contributed by atoms with Crippen molar-refractivity contribution in [2.45, 2.75) is 6.92 Å². The summed E-state index contributed by atoms with van der Waals surface area (Å²) in [6.07, 6.45) is 4.56. The quantitative estimate of drug-likeness (QED) is 0.635. The van der Waals surface area contributed by atoms with Gasteiger partial charge in [-0.05, 0) is 6.92 Å². The van der Waals surface area contributed by atoms with E-state index in [0.29, 0.717) is 0 Å². The molecule has 0 bridgehead atoms. The van der Waals surface area contributed by atoms with Crippen molar-refractivity contribution in [2.24, 2.45) is 7.05 Å². The third-order valence-corrected chi connectivity index (χ3v) is 1.36. The maximum atomic E-state index is 11.1. The lowest BCUT2D eigenvalue weighted by molar-refractivity contribution is 0.444. The van der Waals surface area contributed by atoms with Gasteiger partial charge in [0, 0.05) is 13.2 Å². The van der Waals surface area contributed by atoms with Crippen LogP contribution in [-0.4, -0.2) is 14.2 Å². The van der Waals surface area contributed by atoms with Crippen LogP contribution >= 0.6 is 0 Å². The van der Waals surface area contributed by atoms with Crippen LogP contribution in [0.1, 0.15) is 6.92 Å². The number of hydrogen-bond donors (Lipinski definition) is 1. The minimum absolute atomic E-state index is 0.0457. The highest BCUT2D eigenvalue weighted by atomic mass is 16.3. The highest BCUT2D eigenvalue weighted by molar-refractivity contribution is 5.27. The molecule has 1 rings (SSSR count). The van der Waals surface area contributed by atoms with Crippen LogP contribution < -0.4 is 5.69 Å². The highest BCUT2D eigenvalue weighted by Gasteiger charge is 2.02. The number of hydrogen-bond acceptors (Lipinski definition) is 2. The van der Waals surface area contributed by atoms with Crippen molar-refractivity contribution < 1.29 is 5.11 Å². The van der Waals surface area contributed by atoms with E-state index in [0.717, 1.165) is 0 Å². The second-order valence-electron chi connectivity index (χ2n) is 2.23. The van der Waals surface area contributed by atoms with Crippen molar-refractivity contribution in [3.63, 3.8) is 0 Å². The lowest BCUT2D eigenvalue weighted by atomic mass is 10.7. The number of aromatic nitrogens is 2. The smallest absolute Gasteiger partial charge is 0.334 e. The molecule has 1 N–H and O–H groups in total. The van der Waals surface area contributed by atoms with Gasteiger partial charge in [0.2, 0.25) is 5.88 Å². The SMILES string of the molecule is CC=Cn1c(O)cn(C)c1=O. The van der Waals surface area contributed by atoms with Gasteiger partial charge in [-0.25, -0.2) is 9.36 Å². The van der Waals surface area contributed by atoms with Crippen LogP contribution in [0, 0.1) is 0 Å². The monoisotopic (exact) mass is 154 g/mol. The second-order valence-corrected chi connectivity index (χ2v) is 2.23. The molecule has 0 atom stereocenters. The van der Waals surface area contributed by atoms with Crippen molar-refractivity contribution >= 4 is 6.20 Å². The largest absolute Gasteiger partial charge is 0.493 e. The summed E-state index contributed by atoms with van der Waals surface area (Å²) in [5.74, 6) is -0.0457. The van der Waals surface area contributed by atoms with Gasteiger partial charge in [0.15, 0.2) is 0 Å². The maximum Gasteiger partial charge on any atom is 0.334 e. The predicted octanol–water partition coefficient (Wildman–Crippen LogP) is 0.383. The van der Waals surface area contributed by atoms with Crippen LogP contribution in [0.4, 0.5) is 0 Å². The number of allylic oxidation sites excluding steroid dienone is 1. The molecule has 0 fully saturated rings. The summed E-state index contributed by atoms with van der Waals surface area (Å²) in [5.41, 5.74) is -0.249. The van der Waals surface area contributed by atoms with Gasteiger partial charge in [0.25, 0.3) is 0 Å². The van der Waals surface area contributed by atoms with Gasteiger partial charge in [0.05, 0.1) is 6.20 Å². The Morgan fingerprint density at radius 3 is 2.64 bits per heavy atom. The van der Waals surface area contributed by atoms with Crippen molar-refractivity contribution in [2.75, 3.05) is 0 Å². The Hall–Kier alpha value is -1.45. The first kappa shape index (κ1) is 7.65. The molecule has 60 valence electrons. The van der Waals surface area contributed by atoms with Gasteiger partial charge in [0.1, 0.15) is 0 Å². The molecule has 4 heteroatoms. The standard InChI is InChI=1S/C7H10N2O2/c1-3-4-9-6(10)5-8(2)7(9)11/h3-5,10H,1-2H3. The first-order chi connectivity index (χ1) is 5.16. The van der Waals surface area contributed by atoms with Gasteiger partial charge < -0.3 is 5.11 Å². The van der Waals surface area contributed by atoms with Gasteiger partial charge in [-0.3, -0.25) is 4.57 Å². The van der Waals surface area contributed by atoms with E-state index in [4.69, 9.17) is 5.11 Å². The number of aryl methyl sites for hydroxylation is 1. The van der Waals surface area contributed by atoms with Crippen LogP contribution in [0.3, 0.4) is 0 Å². The fourth-order valence-electron chi connectivity index (χ4n) is 0.848. The van der Waals surface area contributed by atoms with Crippen molar-refractivity contribution in [3.05, 3.63) is 22.8 Å². The van der Waals surface area contributed by atoms with Gasteiger partial charge in [-0.15, -0.1) is 0 Å². The van der Waals surface area contributed by atoms with Crippen molar-refractivity contribution in [3.8, 4) is 5.88 Å². The zero-order chi connectivity index (χ0) is 8.43. The molecule has 0 unspecified atom stereocenters. The Bertz CT molecular complexity index is 333. The third-order valence-electron chi connectivity index (χ3n) is 1.36. The Kier molecular flexibility index (Phi) is 1.85. The van der Waals surface area contributed by atoms with Gasteiger partial charge in [-0.1, -0.05) is 6.08 Å². The van der Waals surface area contributed by atoms with E-state index in [1.165, 1.54) is 21.5 Å². The van der Waals surface area contributed by atoms with E-state index < -0.39 is 0 Å². The molecular formula is C7H10N2O2. The van der Waals surface area contributed by atoms with Crippen molar-refractivity contribution in [1.29, 1.82) is 0 Å². The zero-order valence-electron chi connectivity index (χ0n) is 6.48. The van der Waals surface area contributed by atoms with Gasteiger partial charge >= 0.3 is 5.69 Å². The molecule has 0 aliphatic rings. The molecule has 0 saturated carbocycles. The number of imidazole rings is 1. The molecule has 1 aromatic heterocycles. The summed E-state index contributed by atoms with van der Waals surface area (Å²) in [4.78, 5) is 11.1. The summed E-state index contributed by atoms with van der Waals surface area (Å²) in [6, 6.07) is 0. The first-order valence-corrected chi connectivity index (χ1v) is 3.26. The van der Waals surface area contributed by atoms with E-state index in [9.17, 15) is 4.79 Å². The Labute approximate surface area is 64.0 Å². The average Bonchev–Trinajstić information content (AvgIpc) is 2.17.